The molecule has 1 heterocycles. The Morgan fingerprint density at radius 3 is 2.32 bits per heavy atom. The topological polar surface area (TPSA) is 61.4 Å². The van der Waals surface area contributed by atoms with Crippen LogP contribution in [-0.2, 0) is 9.59 Å². The summed E-state index contributed by atoms with van der Waals surface area (Å²) in [4.78, 5) is 26.5. The highest BCUT2D eigenvalue weighted by atomic mass is 16.2. The van der Waals surface area contributed by atoms with Crippen LogP contribution in [0.1, 0.15) is 57.8 Å². The summed E-state index contributed by atoms with van der Waals surface area (Å²) in [6.07, 6.45) is 9.32. The molecule has 3 rings (SSSR count). The van der Waals surface area contributed by atoms with Crippen LogP contribution in [0, 0.1) is 5.92 Å². The van der Waals surface area contributed by atoms with Crippen molar-refractivity contribution in [3.63, 3.8) is 0 Å². The third-order valence-electron chi connectivity index (χ3n) is 5.32. The van der Waals surface area contributed by atoms with Gasteiger partial charge in [0.1, 0.15) is 0 Å². The second-order valence-corrected chi connectivity index (χ2v) is 7.38. The van der Waals surface area contributed by atoms with E-state index in [1.54, 1.807) is 0 Å². The standard InChI is InChI=1S/C17H29N3O2/c1-20-11-15(18-13-5-3-6-13)7-2-4-12(10-16(20)21)17(22)19-14-8-9-14/h12-15,18H,2-11H2,1H3,(H,19,22)/t12-,15-/m1/s1. The molecule has 0 aromatic rings. The molecule has 3 aliphatic rings. The Morgan fingerprint density at radius 1 is 1.00 bits per heavy atom. The van der Waals surface area contributed by atoms with Crippen molar-refractivity contribution in [1.29, 1.82) is 0 Å². The third kappa shape index (κ3) is 4.22. The molecular formula is C17H29N3O2. The van der Waals surface area contributed by atoms with E-state index in [0.29, 0.717) is 24.5 Å². The lowest BCUT2D eigenvalue weighted by molar-refractivity contribution is -0.135. The smallest absolute Gasteiger partial charge is 0.223 e. The molecule has 2 atom stereocenters. The van der Waals surface area contributed by atoms with Gasteiger partial charge in [-0.25, -0.2) is 0 Å². The van der Waals surface area contributed by atoms with Crippen LogP contribution in [0.2, 0.25) is 0 Å². The molecule has 1 aliphatic heterocycles. The lowest BCUT2D eigenvalue weighted by Crippen LogP contribution is -2.48. The van der Waals surface area contributed by atoms with E-state index in [4.69, 9.17) is 0 Å². The van der Waals surface area contributed by atoms with Crippen molar-refractivity contribution >= 4 is 11.8 Å². The number of carbonyl (C=O) groups excluding carboxylic acids is 2. The van der Waals surface area contributed by atoms with Gasteiger partial charge in [0, 0.05) is 44.1 Å². The van der Waals surface area contributed by atoms with Crippen LogP contribution in [0.3, 0.4) is 0 Å². The molecule has 0 bridgehead atoms. The van der Waals surface area contributed by atoms with Gasteiger partial charge < -0.3 is 15.5 Å². The van der Waals surface area contributed by atoms with Crippen LogP contribution in [0.15, 0.2) is 0 Å². The predicted molar refractivity (Wildman–Crippen MR) is 85.3 cm³/mol. The van der Waals surface area contributed by atoms with Gasteiger partial charge in [0.15, 0.2) is 0 Å². The van der Waals surface area contributed by atoms with Gasteiger partial charge in [0.05, 0.1) is 0 Å². The van der Waals surface area contributed by atoms with Crippen molar-refractivity contribution in [2.45, 2.75) is 75.9 Å². The number of amides is 2. The van der Waals surface area contributed by atoms with Gasteiger partial charge in [0.2, 0.25) is 11.8 Å². The first-order chi connectivity index (χ1) is 10.6. The summed E-state index contributed by atoms with van der Waals surface area (Å²) in [6, 6.07) is 1.40. The summed E-state index contributed by atoms with van der Waals surface area (Å²) in [5, 5.41) is 6.76. The first-order valence-corrected chi connectivity index (χ1v) is 8.92. The molecule has 22 heavy (non-hydrogen) atoms. The largest absolute Gasteiger partial charge is 0.353 e. The molecule has 2 aliphatic carbocycles. The molecule has 3 fully saturated rings. The molecule has 0 spiro atoms. The van der Waals surface area contributed by atoms with E-state index >= 15 is 0 Å². The van der Waals surface area contributed by atoms with Crippen molar-refractivity contribution in [2.24, 2.45) is 5.92 Å². The number of nitrogens with zero attached hydrogens (tertiary/aromatic N) is 1. The highest BCUT2D eigenvalue weighted by Gasteiger charge is 2.31. The predicted octanol–water partition coefficient (Wildman–Crippen LogP) is 1.42. The summed E-state index contributed by atoms with van der Waals surface area (Å²) in [5.41, 5.74) is 0. The molecule has 2 saturated carbocycles. The Bertz CT molecular complexity index is 418. The molecule has 5 nitrogen and oxygen atoms in total. The average molecular weight is 307 g/mol. The van der Waals surface area contributed by atoms with Gasteiger partial charge in [-0.15, -0.1) is 0 Å². The highest BCUT2D eigenvalue weighted by Crippen LogP contribution is 2.24. The van der Waals surface area contributed by atoms with E-state index in [1.807, 2.05) is 11.9 Å². The Labute approximate surface area is 133 Å². The second kappa shape index (κ2) is 6.99. The molecule has 5 heteroatoms. The SMILES string of the molecule is CN1C[C@H](NC2CCC2)CCC[C@@H](C(=O)NC2CC2)CC1=O. The van der Waals surface area contributed by atoms with Crippen LogP contribution in [-0.4, -0.2) is 48.4 Å². The minimum absolute atomic E-state index is 0.0923. The number of hydrogen-bond acceptors (Lipinski definition) is 3. The van der Waals surface area contributed by atoms with Crippen LogP contribution >= 0.6 is 0 Å². The number of nitrogens with one attached hydrogen (secondary N) is 2. The zero-order valence-electron chi connectivity index (χ0n) is 13.6. The minimum Gasteiger partial charge on any atom is -0.353 e. The van der Waals surface area contributed by atoms with E-state index in [-0.39, 0.29) is 17.7 Å². The molecule has 0 aromatic heterocycles. The first-order valence-electron chi connectivity index (χ1n) is 8.92. The molecule has 2 N–H and O–H groups in total. The Balaban J connectivity index is 1.56. The van der Waals surface area contributed by atoms with Crippen LogP contribution in [0.4, 0.5) is 0 Å². The van der Waals surface area contributed by atoms with Crippen molar-refractivity contribution < 1.29 is 9.59 Å². The van der Waals surface area contributed by atoms with Crippen LogP contribution < -0.4 is 10.6 Å². The van der Waals surface area contributed by atoms with E-state index in [9.17, 15) is 9.59 Å². The monoisotopic (exact) mass is 307 g/mol. The Hall–Kier alpha value is -1.10. The second-order valence-electron chi connectivity index (χ2n) is 7.38. The molecular weight excluding hydrogens is 278 g/mol. The quantitative estimate of drug-likeness (QED) is 0.826. The number of hydrogen-bond donors (Lipinski definition) is 2. The van der Waals surface area contributed by atoms with E-state index in [2.05, 4.69) is 10.6 Å². The van der Waals surface area contributed by atoms with E-state index in [0.717, 1.165) is 38.6 Å². The average Bonchev–Trinajstić information content (AvgIpc) is 3.23. The normalized spacial score (nSPS) is 31.0. The maximum absolute atomic E-state index is 12.4. The Morgan fingerprint density at radius 2 is 1.68 bits per heavy atom. The Kier molecular flexibility index (Phi) is 5.01. The lowest BCUT2D eigenvalue weighted by Gasteiger charge is -2.33. The summed E-state index contributed by atoms with van der Waals surface area (Å²) >= 11 is 0. The molecule has 0 aromatic carbocycles. The zero-order chi connectivity index (χ0) is 15.5. The molecule has 2 amide bonds. The van der Waals surface area contributed by atoms with Gasteiger partial charge in [-0.3, -0.25) is 9.59 Å². The number of carbonyl (C=O) groups is 2. The van der Waals surface area contributed by atoms with Crippen molar-refractivity contribution in [3.8, 4) is 0 Å². The minimum atomic E-state index is -0.141. The van der Waals surface area contributed by atoms with E-state index < -0.39 is 0 Å². The van der Waals surface area contributed by atoms with Crippen molar-refractivity contribution in [1.82, 2.24) is 15.5 Å². The van der Waals surface area contributed by atoms with Gasteiger partial charge in [-0.05, 0) is 38.5 Å². The van der Waals surface area contributed by atoms with Crippen LogP contribution in [0.25, 0.3) is 0 Å². The lowest BCUT2D eigenvalue weighted by atomic mass is 9.91. The van der Waals surface area contributed by atoms with Gasteiger partial charge in [-0.1, -0.05) is 12.8 Å². The zero-order valence-corrected chi connectivity index (χ0v) is 13.6. The maximum atomic E-state index is 12.4. The third-order valence-corrected chi connectivity index (χ3v) is 5.32. The van der Waals surface area contributed by atoms with Gasteiger partial charge >= 0.3 is 0 Å². The van der Waals surface area contributed by atoms with Crippen molar-refractivity contribution in [3.05, 3.63) is 0 Å². The number of rotatable bonds is 4. The number of likely N-dealkylation sites (N-methyl/N-ethyl adjacent to an activating group) is 1. The van der Waals surface area contributed by atoms with Crippen molar-refractivity contribution in [2.75, 3.05) is 13.6 Å². The summed E-state index contributed by atoms with van der Waals surface area (Å²) in [7, 11) is 1.87. The fraction of sp³-hybridized carbons (Fsp3) is 0.882. The molecule has 1 saturated heterocycles. The first kappa shape index (κ1) is 15.8. The summed E-state index contributed by atoms with van der Waals surface area (Å²) in [6.45, 7) is 0.770. The van der Waals surface area contributed by atoms with E-state index in [1.165, 1.54) is 19.3 Å². The van der Waals surface area contributed by atoms with Crippen LogP contribution in [0.5, 0.6) is 0 Å². The summed E-state index contributed by atoms with van der Waals surface area (Å²) in [5.74, 6) is 0.0610. The van der Waals surface area contributed by atoms with Gasteiger partial charge in [0.25, 0.3) is 0 Å². The molecule has 124 valence electrons. The molecule has 0 radical (unpaired) electrons. The van der Waals surface area contributed by atoms with Gasteiger partial charge in [-0.2, -0.15) is 0 Å². The summed E-state index contributed by atoms with van der Waals surface area (Å²) < 4.78 is 0. The fourth-order valence-electron chi connectivity index (χ4n) is 3.42. The fourth-order valence-corrected chi connectivity index (χ4v) is 3.42. The maximum Gasteiger partial charge on any atom is 0.223 e. The highest BCUT2D eigenvalue weighted by molar-refractivity contribution is 5.86. The molecule has 0 unspecified atom stereocenters.